The molecule has 0 heterocycles. The fraction of sp³-hybridized carbons (Fsp3) is 0.750. The molecule has 0 aliphatic carbocycles. The van der Waals surface area contributed by atoms with Crippen LogP contribution in [0, 0.1) is 0 Å². The normalized spacial score (nSPS) is 3.78. The van der Waals surface area contributed by atoms with Gasteiger partial charge in [0.15, 0.2) is 0 Å². The first-order chi connectivity index (χ1) is 8.33. The Morgan fingerprint density at radius 3 is 0.833 bits per heavy atom. The van der Waals surface area contributed by atoms with E-state index in [-0.39, 0.29) is 24.0 Å². The molecule has 0 atom stereocenters. The summed E-state index contributed by atoms with van der Waals surface area (Å²) in [5.41, 5.74) is 4.50. The average molecular weight is 377 g/mol. The largest absolute Gasteiger partial charge is 0.333 e. The Morgan fingerprint density at radius 2 is 0.833 bits per heavy atom. The van der Waals surface area contributed by atoms with E-state index >= 15 is 0 Å². The predicted octanol–water partition coefficient (Wildman–Crippen LogP) is 7.07. The van der Waals surface area contributed by atoms with Gasteiger partial charge in [0.1, 0.15) is 0 Å². The van der Waals surface area contributed by atoms with E-state index in [2.05, 4.69) is 25.8 Å². The van der Waals surface area contributed by atoms with Gasteiger partial charge in [0.2, 0.25) is 0 Å². The summed E-state index contributed by atoms with van der Waals surface area (Å²) in [6, 6.07) is 0. The molecule has 0 aliphatic rings. The Kier molecular flexibility index (Phi) is 1290. The Balaban J connectivity index is -0.0000000110. The molecule has 0 amide bonds. The minimum atomic E-state index is 0. The smallest absolute Gasteiger partial charge is 0.0195 e. The van der Waals surface area contributed by atoms with Gasteiger partial charge in [0.05, 0.1) is 0 Å². The first kappa shape index (κ1) is 51.8. The molecule has 0 fully saturated rings. The van der Waals surface area contributed by atoms with Gasteiger partial charge in [-0.2, -0.15) is 0 Å². The van der Waals surface area contributed by atoms with Gasteiger partial charge < -0.3 is 5.73 Å². The highest BCUT2D eigenvalue weighted by Gasteiger charge is 1.45. The maximum Gasteiger partial charge on any atom is -0.0195 e. The van der Waals surface area contributed by atoms with Crippen LogP contribution in [0.1, 0.15) is 75.7 Å². The molecule has 18 heavy (non-hydrogen) atoms. The third-order valence-electron chi connectivity index (χ3n) is 0.289. The van der Waals surface area contributed by atoms with Crippen molar-refractivity contribution in [1.82, 2.24) is 0 Å². The summed E-state index contributed by atoms with van der Waals surface area (Å²) in [5.74, 6) is 0. The topological polar surface area (TPSA) is 26.0 Å². The molecule has 0 spiro atoms. The molecule has 0 aromatic carbocycles. The van der Waals surface area contributed by atoms with Crippen LogP contribution in [-0.2, 0) is 0 Å². The zero-order chi connectivity index (χ0) is 16.1. The van der Waals surface area contributed by atoms with Gasteiger partial charge in [-0.3, -0.25) is 0 Å². The van der Waals surface area contributed by atoms with Crippen LogP contribution in [0.3, 0.4) is 0 Å². The summed E-state index contributed by atoms with van der Waals surface area (Å²) >= 11 is 0. The zero-order valence-electron chi connectivity index (χ0n) is 15.3. The van der Waals surface area contributed by atoms with Crippen LogP contribution in [0.2, 0.25) is 0 Å². The van der Waals surface area contributed by atoms with E-state index in [0.29, 0.717) is 0 Å². The molecule has 120 valence electrons. The van der Waals surface area contributed by atoms with Crippen LogP contribution in [0.15, 0.2) is 25.3 Å². The fourth-order valence-corrected chi connectivity index (χ4v) is 0. The SMILES string of the molecule is C=CC.C=CCC.CC.CC.CC.CC.CN.I. The number of nitrogens with two attached hydrogens (primary N) is 1. The van der Waals surface area contributed by atoms with Crippen LogP contribution >= 0.6 is 24.0 Å². The highest BCUT2D eigenvalue weighted by molar-refractivity contribution is 14.0. The van der Waals surface area contributed by atoms with Gasteiger partial charge in [-0.15, -0.1) is 37.1 Å². The molecule has 0 saturated carbocycles. The quantitative estimate of drug-likeness (QED) is 0.384. The molecule has 0 rings (SSSR count). The van der Waals surface area contributed by atoms with E-state index in [1.807, 2.05) is 68.4 Å². The van der Waals surface area contributed by atoms with Gasteiger partial charge in [0.25, 0.3) is 0 Å². The van der Waals surface area contributed by atoms with Crippen molar-refractivity contribution in [2.75, 3.05) is 7.05 Å². The lowest BCUT2D eigenvalue weighted by Gasteiger charge is -1.57. The lowest BCUT2D eigenvalue weighted by molar-refractivity contribution is 1.23. The minimum Gasteiger partial charge on any atom is -0.333 e. The number of hydrogen-bond donors (Lipinski definition) is 1. The maximum atomic E-state index is 4.50. The Morgan fingerprint density at radius 1 is 0.778 bits per heavy atom. The molecule has 0 radical (unpaired) electrons. The summed E-state index contributed by atoms with van der Waals surface area (Å²) in [4.78, 5) is 0. The highest BCUT2D eigenvalue weighted by Crippen LogP contribution is 1.66. The van der Waals surface area contributed by atoms with Crippen molar-refractivity contribution in [2.45, 2.75) is 75.7 Å². The molecule has 1 nitrogen and oxygen atoms in total. The third kappa shape index (κ3) is 2720. The molecule has 0 saturated heterocycles. The third-order valence-corrected chi connectivity index (χ3v) is 0.289. The molecule has 0 aromatic rings. The summed E-state index contributed by atoms with van der Waals surface area (Å²) in [5, 5.41) is 0. The van der Waals surface area contributed by atoms with Crippen LogP contribution in [0.5, 0.6) is 0 Å². The van der Waals surface area contributed by atoms with E-state index in [0.717, 1.165) is 6.42 Å². The minimum absolute atomic E-state index is 0. The second kappa shape index (κ2) is 447. The lowest BCUT2D eigenvalue weighted by atomic mass is 10.5. The summed E-state index contributed by atoms with van der Waals surface area (Å²) in [7, 11) is 1.50. The number of hydrogen-bond acceptors (Lipinski definition) is 1. The highest BCUT2D eigenvalue weighted by atomic mass is 127. The van der Waals surface area contributed by atoms with Crippen molar-refractivity contribution < 1.29 is 0 Å². The number of rotatable bonds is 1. The monoisotopic (exact) mass is 377 g/mol. The lowest BCUT2D eigenvalue weighted by Crippen LogP contribution is -1.69. The van der Waals surface area contributed by atoms with Crippen molar-refractivity contribution in [3.05, 3.63) is 25.3 Å². The second-order valence-corrected chi connectivity index (χ2v) is 1.11. The molecule has 2 heteroatoms. The van der Waals surface area contributed by atoms with Gasteiger partial charge in [-0.1, -0.05) is 74.5 Å². The van der Waals surface area contributed by atoms with Crippen LogP contribution in [-0.4, -0.2) is 7.05 Å². The van der Waals surface area contributed by atoms with Crippen molar-refractivity contribution in [2.24, 2.45) is 5.73 Å². The van der Waals surface area contributed by atoms with Gasteiger partial charge >= 0.3 is 0 Å². The second-order valence-electron chi connectivity index (χ2n) is 1.11. The Bertz CT molecular complexity index is 46.4. The molecule has 0 unspecified atom stereocenters. The van der Waals surface area contributed by atoms with Crippen molar-refractivity contribution >= 4 is 24.0 Å². The average Bonchev–Trinajstić information content (AvgIpc) is 2.50. The standard InChI is InChI=1S/C4H8.C3H6.4C2H6.CH5N.HI/c1-3-4-2;1-3-2;5*1-2;/h3H,1,4H2,2H3;3H,1H2,2H3;4*1-2H3;2H2,1H3;1H. The van der Waals surface area contributed by atoms with Gasteiger partial charge in [-0.25, -0.2) is 0 Å². The first-order valence-electron chi connectivity index (χ1n) is 7.09. The van der Waals surface area contributed by atoms with E-state index in [4.69, 9.17) is 0 Å². The van der Waals surface area contributed by atoms with Crippen LogP contribution < -0.4 is 5.73 Å². The summed E-state index contributed by atoms with van der Waals surface area (Å²) in [6.07, 6.45) is 4.71. The van der Waals surface area contributed by atoms with E-state index in [1.165, 1.54) is 7.05 Å². The van der Waals surface area contributed by atoms with Gasteiger partial charge in [0, 0.05) is 0 Å². The van der Waals surface area contributed by atoms with Crippen molar-refractivity contribution in [3.63, 3.8) is 0 Å². The van der Waals surface area contributed by atoms with E-state index in [9.17, 15) is 0 Å². The molecule has 0 aromatic heterocycles. The van der Waals surface area contributed by atoms with E-state index in [1.54, 1.807) is 6.08 Å². The number of allylic oxidation sites excluding steroid dienone is 2. The van der Waals surface area contributed by atoms with Gasteiger partial charge in [-0.05, 0) is 20.4 Å². The Hall–Kier alpha value is 0.170. The molecule has 0 aliphatic heterocycles. The summed E-state index contributed by atoms with van der Waals surface area (Å²) < 4.78 is 0. The first-order valence-corrected chi connectivity index (χ1v) is 7.09. The maximum absolute atomic E-state index is 4.50. The zero-order valence-corrected chi connectivity index (χ0v) is 17.6. The number of halogens is 1. The molecule has 0 bridgehead atoms. The predicted molar refractivity (Wildman–Crippen MR) is 107 cm³/mol. The van der Waals surface area contributed by atoms with Crippen LogP contribution in [0.25, 0.3) is 0 Å². The van der Waals surface area contributed by atoms with E-state index < -0.39 is 0 Å². The Labute approximate surface area is 137 Å². The van der Waals surface area contributed by atoms with Crippen molar-refractivity contribution in [1.29, 1.82) is 0 Å². The van der Waals surface area contributed by atoms with Crippen LogP contribution in [0.4, 0.5) is 0 Å². The molecular weight excluding hydrogens is 333 g/mol. The fourth-order valence-electron chi connectivity index (χ4n) is 0. The molecule has 2 N–H and O–H groups in total. The summed E-state index contributed by atoms with van der Waals surface area (Å²) in [6.45, 7) is 26.8. The molecular formula is C16H44IN. The van der Waals surface area contributed by atoms with Crippen molar-refractivity contribution in [3.8, 4) is 0 Å².